The predicted molar refractivity (Wildman–Crippen MR) is 77.5 cm³/mol. The van der Waals surface area contributed by atoms with Gasteiger partial charge in [-0.2, -0.15) is 4.98 Å². The highest BCUT2D eigenvalue weighted by molar-refractivity contribution is 5.75. The molecule has 1 aromatic heterocycles. The molecule has 2 heterocycles. The number of ether oxygens (including phenoxy) is 2. The van der Waals surface area contributed by atoms with Crippen molar-refractivity contribution in [2.45, 2.75) is 38.8 Å². The van der Waals surface area contributed by atoms with Crippen LogP contribution in [0.5, 0.6) is 11.8 Å². The molecule has 0 aliphatic carbocycles. The summed E-state index contributed by atoms with van der Waals surface area (Å²) in [5, 5.41) is 2.95. The average molecular weight is 294 g/mol. The number of urea groups is 1. The first-order valence-electron chi connectivity index (χ1n) is 6.97. The Kier molecular flexibility index (Phi) is 4.50. The van der Waals surface area contributed by atoms with Gasteiger partial charge in [0.25, 0.3) is 0 Å². The molecule has 1 unspecified atom stereocenters. The van der Waals surface area contributed by atoms with E-state index in [-0.39, 0.29) is 17.7 Å². The quantitative estimate of drug-likeness (QED) is 0.913. The number of rotatable bonds is 3. The maximum absolute atomic E-state index is 12.1. The van der Waals surface area contributed by atoms with E-state index in [1.807, 2.05) is 20.8 Å². The fraction of sp³-hybridized carbons (Fsp3) is 0.643. The van der Waals surface area contributed by atoms with E-state index in [0.717, 1.165) is 6.42 Å². The summed E-state index contributed by atoms with van der Waals surface area (Å²) in [6, 6.07) is -0.0645. The zero-order valence-corrected chi connectivity index (χ0v) is 12.9. The fourth-order valence-electron chi connectivity index (χ4n) is 2.07. The Morgan fingerprint density at radius 2 is 2.10 bits per heavy atom. The molecular formula is C14H22N4O3. The van der Waals surface area contributed by atoms with Gasteiger partial charge >= 0.3 is 6.03 Å². The van der Waals surface area contributed by atoms with Crippen LogP contribution in [0.15, 0.2) is 12.4 Å². The standard InChI is InChI=1S/C14H22N4O3/c1-14(2,3)17-13(19)18-6-5-10(9-18)21-12-8-15-7-11(16-12)20-4/h7-8,10H,5-6,9H2,1-4H3,(H,17,19). The van der Waals surface area contributed by atoms with Gasteiger partial charge in [0.15, 0.2) is 0 Å². The Hall–Kier alpha value is -2.05. The molecule has 0 saturated carbocycles. The van der Waals surface area contributed by atoms with E-state index in [9.17, 15) is 4.79 Å². The smallest absolute Gasteiger partial charge is 0.317 e. The Bertz CT molecular complexity index is 501. The summed E-state index contributed by atoms with van der Waals surface area (Å²) in [6.07, 6.45) is 3.76. The Labute approximate surface area is 124 Å². The van der Waals surface area contributed by atoms with Gasteiger partial charge < -0.3 is 19.7 Å². The Morgan fingerprint density at radius 3 is 2.76 bits per heavy atom. The minimum Gasteiger partial charge on any atom is -0.480 e. The van der Waals surface area contributed by atoms with Gasteiger partial charge in [0.1, 0.15) is 6.10 Å². The third kappa shape index (κ3) is 4.47. The highest BCUT2D eigenvalue weighted by Crippen LogP contribution is 2.18. The van der Waals surface area contributed by atoms with Crippen LogP contribution in [0, 0.1) is 0 Å². The third-order valence-corrected chi connectivity index (χ3v) is 3.00. The molecule has 1 aliphatic heterocycles. The van der Waals surface area contributed by atoms with Gasteiger partial charge in [0.2, 0.25) is 11.8 Å². The van der Waals surface area contributed by atoms with E-state index in [1.54, 1.807) is 11.1 Å². The molecular weight excluding hydrogens is 272 g/mol. The molecule has 0 spiro atoms. The van der Waals surface area contributed by atoms with Crippen LogP contribution in [-0.4, -0.2) is 52.7 Å². The van der Waals surface area contributed by atoms with Crippen LogP contribution in [0.1, 0.15) is 27.2 Å². The fourth-order valence-corrected chi connectivity index (χ4v) is 2.07. The number of hydrogen-bond donors (Lipinski definition) is 1. The van der Waals surface area contributed by atoms with Gasteiger partial charge in [-0.05, 0) is 20.8 Å². The summed E-state index contributed by atoms with van der Waals surface area (Å²) < 4.78 is 10.8. The zero-order valence-electron chi connectivity index (χ0n) is 12.9. The SMILES string of the molecule is COc1cncc(OC2CCN(C(=O)NC(C)(C)C)C2)n1. The molecule has 0 aromatic carbocycles. The second-order valence-corrected chi connectivity index (χ2v) is 6.05. The second-order valence-electron chi connectivity index (χ2n) is 6.05. The van der Waals surface area contributed by atoms with Crippen LogP contribution >= 0.6 is 0 Å². The van der Waals surface area contributed by atoms with Crippen molar-refractivity contribution in [2.24, 2.45) is 0 Å². The number of carbonyl (C=O) groups is 1. The van der Waals surface area contributed by atoms with Crippen LogP contribution < -0.4 is 14.8 Å². The molecule has 7 heteroatoms. The molecule has 1 atom stereocenters. The van der Waals surface area contributed by atoms with Crippen LogP contribution in [0.25, 0.3) is 0 Å². The molecule has 1 aromatic rings. The maximum atomic E-state index is 12.1. The molecule has 1 fully saturated rings. The summed E-state index contributed by atoms with van der Waals surface area (Å²) in [5.74, 6) is 0.824. The molecule has 2 amide bonds. The number of amides is 2. The van der Waals surface area contributed by atoms with E-state index in [4.69, 9.17) is 9.47 Å². The van der Waals surface area contributed by atoms with Crippen molar-refractivity contribution in [3.05, 3.63) is 12.4 Å². The van der Waals surface area contributed by atoms with Crippen molar-refractivity contribution >= 4 is 6.03 Å². The first kappa shape index (κ1) is 15.3. The third-order valence-electron chi connectivity index (χ3n) is 3.00. The lowest BCUT2D eigenvalue weighted by atomic mass is 10.1. The molecule has 1 saturated heterocycles. The molecule has 0 radical (unpaired) electrons. The van der Waals surface area contributed by atoms with Crippen molar-refractivity contribution < 1.29 is 14.3 Å². The highest BCUT2D eigenvalue weighted by atomic mass is 16.5. The molecule has 1 N–H and O–H groups in total. The van der Waals surface area contributed by atoms with Gasteiger partial charge in [-0.3, -0.25) is 4.98 Å². The van der Waals surface area contributed by atoms with E-state index >= 15 is 0 Å². The van der Waals surface area contributed by atoms with Crippen molar-refractivity contribution in [3.8, 4) is 11.8 Å². The minimum atomic E-state index is -0.242. The Balaban J connectivity index is 1.89. The number of nitrogens with zero attached hydrogens (tertiary/aromatic N) is 3. The van der Waals surface area contributed by atoms with E-state index in [2.05, 4.69) is 15.3 Å². The summed E-state index contributed by atoms with van der Waals surface area (Å²) in [6.45, 7) is 7.09. The van der Waals surface area contributed by atoms with Crippen LogP contribution in [0.4, 0.5) is 4.79 Å². The summed E-state index contributed by atoms with van der Waals surface area (Å²) in [7, 11) is 1.53. The molecule has 0 bridgehead atoms. The number of hydrogen-bond acceptors (Lipinski definition) is 5. The molecule has 2 rings (SSSR count). The minimum absolute atomic E-state index is 0.0645. The van der Waals surface area contributed by atoms with Gasteiger partial charge in [-0.15, -0.1) is 0 Å². The second kappa shape index (κ2) is 6.15. The first-order valence-corrected chi connectivity index (χ1v) is 6.97. The van der Waals surface area contributed by atoms with Gasteiger partial charge in [0.05, 0.1) is 26.0 Å². The normalized spacial score (nSPS) is 18.5. The van der Waals surface area contributed by atoms with Gasteiger partial charge in [0, 0.05) is 18.5 Å². The number of carbonyl (C=O) groups excluding carboxylic acids is 1. The largest absolute Gasteiger partial charge is 0.480 e. The van der Waals surface area contributed by atoms with Crippen LogP contribution in [-0.2, 0) is 0 Å². The average Bonchev–Trinajstić information content (AvgIpc) is 2.85. The molecule has 21 heavy (non-hydrogen) atoms. The molecule has 116 valence electrons. The van der Waals surface area contributed by atoms with E-state index in [0.29, 0.717) is 24.8 Å². The van der Waals surface area contributed by atoms with Gasteiger partial charge in [-0.1, -0.05) is 0 Å². The number of likely N-dealkylation sites (tertiary alicyclic amines) is 1. The van der Waals surface area contributed by atoms with Crippen LogP contribution in [0.2, 0.25) is 0 Å². The topological polar surface area (TPSA) is 76.6 Å². The predicted octanol–water partition coefficient (Wildman–Crippen LogP) is 1.45. The lowest BCUT2D eigenvalue weighted by Crippen LogP contribution is -2.48. The molecule has 1 aliphatic rings. The van der Waals surface area contributed by atoms with Crippen LogP contribution in [0.3, 0.4) is 0 Å². The Morgan fingerprint density at radius 1 is 1.38 bits per heavy atom. The summed E-state index contributed by atoms with van der Waals surface area (Å²) in [4.78, 5) is 22.0. The highest BCUT2D eigenvalue weighted by Gasteiger charge is 2.29. The maximum Gasteiger partial charge on any atom is 0.317 e. The van der Waals surface area contributed by atoms with Crippen molar-refractivity contribution in [3.63, 3.8) is 0 Å². The molecule has 7 nitrogen and oxygen atoms in total. The number of aromatic nitrogens is 2. The number of nitrogens with one attached hydrogen (secondary N) is 1. The summed E-state index contributed by atoms with van der Waals surface area (Å²) >= 11 is 0. The zero-order chi connectivity index (χ0) is 15.5. The van der Waals surface area contributed by atoms with Crippen molar-refractivity contribution in [2.75, 3.05) is 20.2 Å². The summed E-state index contributed by atoms with van der Waals surface area (Å²) in [5.41, 5.74) is -0.242. The van der Waals surface area contributed by atoms with E-state index < -0.39 is 0 Å². The lowest BCUT2D eigenvalue weighted by molar-refractivity contribution is 0.176. The lowest BCUT2D eigenvalue weighted by Gasteiger charge is -2.25. The van der Waals surface area contributed by atoms with E-state index in [1.165, 1.54) is 13.3 Å². The van der Waals surface area contributed by atoms with Crippen molar-refractivity contribution in [1.82, 2.24) is 20.2 Å². The first-order chi connectivity index (χ1) is 9.87. The van der Waals surface area contributed by atoms with Gasteiger partial charge in [-0.25, -0.2) is 4.79 Å². The number of methoxy groups -OCH3 is 1. The monoisotopic (exact) mass is 294 g/mol. The van der Waals surface area contributed by atoms with Crippen molar-refractivity contribution in [1.29, 1.82) is 0 Å².